The molecule has 4 nitrogen and oxygen atoms in total. The number of nitrogens with two attached hydrogens (primary N) is 1. The van der Waals surface area contributed by atoms with E-state index in [0.29, 0.717) is 0 Å². The van der Waals surface area contributed by atoms with Gasteiger partial charge >= 0.3 is 0 Å². The molecule has 1 unspecified atom stereocenters. The summed E-state index contributed by atoms with van der Waals surface area (Å²) in [7, 11) is -1.89. The Kier molecular flexibility index (Phi) is 4.53. The van der Waals surface area contributed by atoms with Crippen LogP contribution in [0.3, 0.4) is 0 Å². The van der Waals surface area contributed by atoms with E-state index < -0.39 is 28.3 Å². The number of nitrogen functional groups attached to an aromatic ring is 1. The van der Waals surface area contributed by atoms with E-state index in [2.05, 4.69) is 10.1 Å². The van der Waals surface area contributed by atoms with Crippen LogP contribution in [0.2, 0.25) is 5.02 Å². The summed E-state index contributed by atoms with van der Waals surface area (Å²) in [6.45, 7) is 0. The maximum Gasteiger partial charge on any atom is 0.152 e. The average molecular weight is 318 g/mol. The molecule has 0 aromatic heterocycles. The molecule has 0 saturated heterocycles. The van der Waals surface area contributed by atoms with E-state index in [1.165, 1.54) is 12.1 Å². The fourth-order valence-corrected chi connectivity index (χ4v) is 2.78. The van der Waals surface area contributed by atoms with Crippen molar-refractivity contribution in [1.82, 2.24) is 0 Å². The Hall–Kier alpha value is -1.70. The summed E-state index contributed by atoms with van der Waals surface area (Å²) in [5, 5.41) is 0.236. The maximum atomic E-state index is 13.7. The summed E-state index contributed by atoms with van der Waals surface area (Å²) >= 11 is 5.87. The van der Waals surface area contributed by atoms with Crippen molar-refractivity contribution in [2.24, 2.45) is 5.84 Å². The Morgan fingerprint density at radius 2 is 1.75 bits per heavy atom. The number of benzene rings is 2. The van der Waals surface area contributed by atoms with Gasteiger partial charge in [0.25, 0.3) is 0 Å². The van der Waals surface area contributed by atoms with Crippen molar-refractivity contribution in [3.8, 4) is 0 Å². The topological polar surface area (TPSA) is 67.2 Å². The highest BCUT2D eigenvalue weighted by Crippen LogP contribution is 2.26. The third kappa shape index (κ3) is 3.06. The molecule has 8 heteroatoms. The van der Waals surface area contributed by atoms with Gasteiger partial charge in [-0.3, -0.25) is 10.6 Å². The Labute approximate surface area is 121 Å². The predicted octanol–water partition coefficient (Wildman–Crippen LogP) is 3.04. The lowest BCUT2D eigenvalue weighted by atomic mass is 10.2. The van der Waals surface area contributed by atoms with Crippen molar-refractivity contribution < 1.29 is 13.0 Å². The standard InChI is InChI=1S/C12H10ClF2N3OS/c13-8-3-1-2-4-11(8)20(19)18-12-9(14)5-7(17-16)6-10(12)15/h1-6,17-18H,16H2. The molecule has 0 amide bonds. The SMILES string of the molecule is NNc1cc(F)c(NS(=O)c2ccccc2Cl)c(F)c1. The number of hydrogen-bond acceptors (Lipinski definition) is 3. The Balaban J connectivity index is 2.31. The van der Waals surface area contributed by atoms with Crippen molar-refractivity contribution >= 4 is 34.0 Å². The van der Waals surface area contributed by atoms with Gasteiger partial charge in [-0.2, -0.15) is 0 Å². The average Bonchev–Trinajstić information content (AvgIpc) is 2.42. The van der Waals surface area contributed by atoms with E-state index in [-0.39, 0.29) is 15.6 Å². The first-order chi connectivity index (χ1) is 9.52. The second kappa shape index (κ2) is 6.17. The van der Waals surface area contributed by atoms with E-state index in [1.54, 1.807) is 12.1 Å². The normalized spacial score (nSPS) is 12.0. The monoisotopic (exact) mass is 317 g/mol. The van der Waals surface area contributed by atoms with Crippen LogP contribution in [0.5, 0.6) is 0 Å². The number of rotatable bonds is 4. The van der Waals surface area contributed by atoms with Gasteiger partial charge in [0.2, 0.25) is 0 Å². The van der Waals surface area contributed by atoms with Crippen LogP contribution in [0, 0.1) is 11.6 Å². The number of anilines is 2. The quantitative estimate of drug-likeness (QED) is 0.600. The molecule has 0 aliphatic carbocycles. The van der Waals surface area contributed by atoms with E-state index in [1.807, 2.05) is 0 Å². The van der Waals surface area contributed by atoms with Crippen LogP contribution in [0.4, 0.5) is 20.2 Å². The van der Waals surface area contributed by atoms with E-state index in [9.17, 15) is 13.0 Å². The van der Waals surface area contributed by atoms with Crippen LogP contribution in [-0.2, 0) is 11.0 Å². The van der Waals surface area contributed by atoms with Crippen molar-refractivity contribution in [1.29, 1.82) is 0 Å². The van der Waals surface area contributed by atoms with Crippen molar-refractivity contribution in [3.63, 3.8) is 0 Å². The minimum absolute atomic E-state index is 0.0640. The van der Waals surface area contributed by atoms with Gasteiger partial charge in [-0.05, 0) is 12.1 Å². The van der Waals surface area contributed by atoms with Crippen molar-refractivity contribution in [2.75, 3.05) is 10.1 Å². The molecule has 0 spiro atoms. The Morgan fingerprint density at radius 1 is 1.15 bits per heavy atom. The molecule has 0 saturated carbocycles. The Bertz CT molecular complexity index is 646. The molecule has 0 bridgehead atoms. The third-order valence-corrected chi connectivity index (χ3v) is 4.03. The Morgan fingerprint density at radius 3 is 2.30 bits per heavy atom. The molecule has 0 heterocycles. The van der Waals surface area contributed by atoms with Gasteiger partial charge in [0.15, 0.2) is 22.6 Å². The minimum atomic E-state index is -1.89. The summed E-state index contributed by atoms with van der Waals surface area (Å²) in [6.07, 6.45) is 0. The smallest absolute Gasteiger partial charge is 0.152 e. The van der Waals surface area contributed by atoms with Gasteiger partial charge in [0, 0.05) is 12.1 Å². The van der Waals surface area contributed by atoms with E-state index in [4.69, 9.17) is 17.4 Å². The molecule has 0 fully saturated rings. The maximum absolute atomic E-state index is 13.7. The van der Waals surface area contributed by atoms with Crippen LogP contribution in [-0.4, -0.2) is 4.21 Å². The largest absolute Gasteiger partial charge is 0.324 e. The summed E-state index contributed by atoms with van der Waals surface area (Å²) in [6, 6.07) is 8.27. The second-order valence-electron chi connectivity index (χ2n) is 3.76. The van der Waals surface area contributed by atoms with E-state index in [0.717, 1.165) is 12.1 Å². The zero-order valence-corrected chi connectivity index (χ0v) is 11.6. The number of hydrazine groups is 1. The summed E-state index contributed by atoms with van der Waals surface area (Å²) in [4.78, 5) is 0.231. The summed E-state index contributed by atoms with van der Waals surface area (Å²) in [5.41, 5.74) is 1.68. The van der Waals surface area contributed by atoms with Gasteiger partial charge in [-0.1, -0.05) is 23.7 Å². The molecule has 0 aliphatic heterocycles. The predicted molar refractivity (Wildman–Crippen MR) is 75.7 cm³/mol. The molecule has 2 aromatic rings. The molecule has 2 rings (SSSR count). The fraction of sp³-hybridized carbons (Fsp3) is 0. The zero-order chi connectivity index (χ0) is 14.7. The van der Waals surface area contributed by atoms with E-state index >= 15 is 0 Å². The lowest BCUT2D eigenvalue weighted by Gasteiger charge is -2.10. The molecule has 0 radical (unpaired) electrons. The minimum Gasteiger partial charge on any atom is -0.324 e. The van der Waals surface area contributed by atoms with Crippen molar-refractivity contribution in [2.45, 2.75) is 4.90 Å². The number of halogens is 3. The molecule has 0 aliphatic rings. The van der Waals surface area contributed by atoms with Crippen LogP contribution >= 0.6 is 11.6 Å². The van der Waals surface area contributed by atoms with Crippen LogP contribution in [0.1, 0.15) is 0 Å². The third-order valence-electron chi connectivity index (χ3n) is 2.44. The molecule has 2 aromatic carbocycles. The highest BCUT2D eigenvalue weighted by Gasteiger charge is 2.15. The first-order valence-electron chi connectivity index (χ1n) is 5.41. The van der Waals surface area contributed by atoms with Crippen LogP contribution < -0.4 is 16.0 Å². The van der Waals surface area contributed by atoms with Crippen LogP contribution in [0.25, 0.3) is 0 Å². The number of hydrogen-bond donors (Lipinski definition) is 3. The molecule has 20 heavy (non-hydrogen) atoms. The molecule has 1 atom stereocenters. The highest BCUT2D eigenvalue weighted by atomic mass is 35.5. The van der Waals surface area contributed by atoms with Gasteiger partial charge in [0.05, 0.1) is 15.6 Å². The highest BCUT2D eigenvalue weighted by molar-refractivity contribution is 7.86. The molecule has 4 N–H and O–H groups in total. The molecular weight excluding hydrogens is 308 g/mol. The zero-order valence-electron chi connectivity index (χ0n) is 9.99. The summed E-state index contributed by atoms with van der Waals surface area (Å²) < 4.78 is 41.7. The van der Waals surface area contributed by atoms with Gasteiger partial charge in [-0.15, -0.1) is 0 Å². The lowest BCUT2D eigenvalue weighted by Crippen LogP contribution is -2.11. The van der Waals surface area contributed by atoms with Gasteiger partial charge < -0.3 is 5.43 Å². The first kappa shape index (κ1) is 14.7. The lowest BCUT2D eigenvalue weighted by molar-refractivity contribution is 0.591. The molecule has 106 valence electrons. The van der Waals surface area contributed by atoms with Gasteiger partial charge in [0.1, 0.15) is 5.69 Å². The molecular formula is C12H10ClF2N3OS. The number of nitrogens with one attached hydrogen (secondary N) is 2. The first-order valence-corrected chi connectivity index (χ1v) is 6.94. The summed E-state index contributed by atoms with van der Waals surface area (Å²) in [5.74, 6) is 3.23. The fourth-order valence-electron chi connectivity index (χ4n) is 1.50. The second-order valence-corrected chi connectivity index (χ2v) is 5.35. The van der Waals surface area contributed by atoms with Crippen molar-refractivity contribution in [3.05, 3.63) is 53.1 Å². The van der Waals surface area contributed by atoms with Crippen LogP contribution in [0.15, 0.2) is 41.3 Å². The van der Waals surface area contributed by atoms with Gasteiger partial charge in [-0.25, -0.2) is 13.0 Å².